The molecule has 0 aliphatic heterocycles. The highest BCUT2D eigenvalue weighted by Gasteiger charge is 2.13. The van der Waals surface area contributed by atoms with Crippen LogP contribution in [-0.4, -0.2) is 6.54 Å². The number of hydrogen-bond donors (Lipinski definition) is 1. The number of halogens is 2. The first-order chi connectivity index (χ1) is 10.1. The third-order valence-corrected chi connectivity index (χ3v) is 4.37. The van der Waals surface area contributed by atoms with Gasteiger partial charge in [0.25, 0.3) is 0 Å². The Kier molecular flexibility index (Phi) is 6.28. The second-order valence-corrected chi connectivity index (χ2v) is 6.68. The summed E-state index contributed by atoms with van der Waals surface area (Å²) in [6.07, 6.45) is 2.02. The van der Waals surface area contributed by atoms with Crippen LogP contribution in [0.15, 0.2) is 46.9 Å². The maximum atomic E-state index is 6.39. The van der Waals surface area contributed by atoms with E-state index in [9.17, 15) is 0 Å². The summed E-state index contributed by atoms with van der Waals surface area (Å²) in [5.74, 6) is 0. The van der Waals surface area contributed by atoms with Gasteiger partial charge in [0.2, 0.25) is 0 Å². The molecule has 1 unspecified atom stereocenters. The SMILES string of the molecule is CCCNC(Cc1ccc(C)cc1Cl)c1cccc(Br)c1. The standard InChI is InChI=1S/C18H21BrClN/c1-3-9-21-18(15-5-4-6-16(19)11-15)12-14-8-7-13(2)10-17(14)20/h4-8,10-11,18,21H,3,9,12H2,1-2H3. The predicted octanol–water partition coefficient (Wildman–Crippen LogP) is 5.69. The lowest BCUT2D eigenvalue weighted by molar-refractivity contribution is 0.529. The molecule has 2 aromatic carbocycles. The van der Waals surface area contributed by atoms with E-state index in [1.54, 1.807) is 0 Å². The van der Waals surface area contributed by atoms with Crippen LogP contribution >= 0.6 is 27.5 Å². The van der Waals surface area contributed by atoms with Crippen LogP contribution in [0.1, 0.15) is 36.1 Å². The van der Waals surface area contributed by atoms with Crippen LogP contribution in [0.2, 0.25) is 5.02 Å². The van der Waals surface area contributed by atoms with Gasteiger partial charge >= 0.3 is 0 Å². The first-order valence-electron chi connectivity index (χ1n) is 7.34. The first-order valence-corrected chi connectivity index (χ1v) is 8.51. The Morgan fingerprint density at radius 3 is 2.67 bits per heavy atom. The minimum absolute atomic E-state index is 0.280. The Hall–Kier alpha value is -0.830. The van der Waals surface area contributed by atoms with Crippen molar-refractivity contribution in [2.24, 2.45) is 0 Å². The molecule has 0 aliphatic rings. The monoisotopic (exact) mass is 365 g/mol. The molecule has 0 aromatic heterocycles. The summed E-state index contributed by atoms with van der Waals surface area (Å²) in [6, 6.07) is 15.1. The van der Waals surface area contributed by atoms with E-state index in [0.29, 0.717) is 0 Å². The predicted molar refractivity (Wildman–Crippen MR) is 95.1 cm³/mol. The molecule has 2 aromatic rings. The van der Waals surface area contributed by atoms with Crippen LogP contribution in [0.4, 0.5) is 0 Å². The van der Waals surface area contributed by atoms with E-state index < -0.39 is 0 Å². The van der Waals surface area contributed by atoms with Crippen LogP contribution in [0, 0.1) is 6.92 Å². The molecule has 1 atom stereocenters. The van der Waals surface area contributed by atoms with Crippen molar-refractivity contribution < 1.29 is 0 Å². The molecule has 1 N–H and O–H groups in total. The number of benzene rings is 2. The minimum atomic E-state index is 0.280. The summed E-state index contributed by atoms with van der Waals surface area (Å²) in [4.78, 5) is 0. The minimum Gasteiger partial charge on any atom is -0.310 e. The van der Waals surface area contributed by atoms with Gasteiger partial charge in [-0.15, -0.1) is 0 Å². The highest BCUT2D eigenvalue weighted by atomic mass is 79.9. The Bertz CT molecular complexity index is 598. The molecule has 2 rings (SSSR count). The fourth-order valence-corrected chi connectivity index (χ4v) is 3.12. The summed E-state index contributed by atoms with van der Waals surface area (Å²) in [5, 5.41) is 4.48. The summed E-state index contributed by atoms with van der Waals surface area (Å²) in [7, 11) is 0. The van der Waals surface area contributed by atoms with Crippen molar-refractivity contribution in [1.29, 1.82) is 0 Å². The Labute approximate surface area is 140 Å². The Morgan fingerprint density at radius 2 is 2.00 bits per heavy atom. The number of rotatable bonds is 6. The number of nitrogens with one attached hydrogen (secondary N) is 1. The second-order valence-electron chi connectivity index (χ2n) is 5.36. The van der Waals surface area contributed by atoms with Crippen LogP contribution < -0.4 is 5.32 Å². The summed E-state index contributed by atoms with van der Waals surface area (Å²) in [6.45, 7) is 5.25. The molecule has 0 saturated carbocycles. The largest absolute Gasteiger partial charge is 0.310 e. The van der Waals surface area contributed by atoms with Gasteiger partial charge in [0.15, 0.2) is 0 Å². The molecule has 0 fully saturated rings. The van der Waals surface area contributed by atoms with Crippen LogP contribution in [0.3, 0.4) is 0 Å². The quantitative estimate of drug-likeness (QED) is 0.692. The third kappa shape index (κ3) is 4.84. The van der Waals surface area contributed by atoms with Crippen LogP contribution in [-0.2, 0) is 6.42 Å². The second kappa shape index (κ2) is 7.98. The Balaban J connectivity index is 2.23. The average Bonchev–Trinajstić information content (AvgIpc) is 2.45. The van der Waals surface area contributed by atoms with E-state index in [4.69, 9.17) is 11.6 Å². The molecule has 0 aliphatic carbocycles. The van der Waals surface area contributed by atoms with Gasteiger partial charge in [-0.05, 0) is 61.2 Å². The van der Waals surface area contributed by atoms with Gasteiger partial charge in [-0.3, -0.25) is 0 Å². The van der Waals surface area contributed by atoms with Gasteiger partial charge in [-0.1, -0.05) is 58.7 Å². The van der Waals surface area contributed by atoms with E-state index in [0.717, 1.165) is 28.9 Å². The van der Waals surface area contributed by atoms with Crippen molar-refractivity contribution in [2.75, 3.05) is 6.54 Å². The zero-order chi connectivity index (χ0) is 15.2. The normalized spacial score (nSPS) is 12.4. The molecule has 0 radical (unpaired) electrons. The van der Waals surface area contributed by atoms with Crippen molar-refractivity contribution in [3.8, 4) is 0 Å². The molecule has 0 heterocycles. The van der Waals surface area contributed by atoms with Crippen molar-refractivity contribution in [3.63, 3.8) is 0 Å². The Morgan fingerprint density at radius 1 is 1.19 bits per heavy atom. The summed E-state index contributed by atoms with van der Waals surface area (Å²) >= 11 is 9.94. The van der Waals surface area contributed by atoms with Crippen molar-refractivity contribution >= 4 is 27.5 Å². The molecule has 1 nitrogen and oxygen atoms in total. The maximum Gasteiger partial charge on any atom is 0.0441 e. The maximum absolute atomic E-state index is 6.39. The van der Waals surface area contributed by atoms with Crippen molar-refractivity contribution in [1.82, 2.24) is 5.32 Å². The van der Waals surface area contributed by atoms with Gasteiger partial charge in [0.1, 0.15) is 0 Å². The van der Waals surface area contributed by atoms with Crippen LogP contribution in [0.5, 0.6) is 0 Å². The molecule has 0 amide bonds. The highest BCUT2D eigenvalue weighted by Crippen LogP contribution is 2.26. The molecular weight excluding hydrogens is 346 g/mol. The topological polar surface area (TPSA) is 12.0 Å². The molecule has 3 heteroatoms. The fourth-order valence-electron chi connectivity index (χ4n) is 2.39. The fraction of sp³-hybridized carbons (Fsp3) is 0.333. The van der Waals surface area contributed by atoms with Gasteiger partial charge in [0.05, 0.1) is 0 Å². The zero-order valence-corrected chi connectivity index (χ0v) is 14.8. The number of hydrogen-bond acceptors (Lipinski definition) is 1. The number of aryl methyl sites for hydroxylation is 1. The third-order valence-electron chi connectivity index (χ3n) is 3.52. The molecular formula is C18H21BrClN. The van der Waals surface area contributed by atoms with Gasteiger partial charge in [-0.25, -0.2) is 0 Å². The molecule has 21 heavy (non-hydrogen) atoms. The average molecular weight is 367 g/mol. The van der Waals surface area contributed by atoms with E-state index in [1.165, 1.54) is 16.7 Å². The van der Waals surface area contributed by atoms with Crippen molar-refractivity contribution in [2.45, 2.75) is 32.7 Å². The lowest BCUT2D eigenvalue weighted by atomic mass is 9.98. The van der Waals surface area contributed by atoms with Crippen LogP contribution in [0.25, 0.3) is 0 Å². The molecule has 112 valence electrons. The molecule has 0 saturated heterocycles. The van der Waals surface area contributed by atoms with Gasteiger partial charge in [0, 0.05) is 15.5 Å². The van der Waals surface area contributed by atoms with Crippen molar-refractivity contribution in [3.05, 3.63) is 68.7 Å². The van der Waals surface area contributed by atoms with E-state index in [1.807, 2.05) is 6.07 Å². The van der Waals surface area contributed by atoms with E-state index >= 15 is 0 Å². The summed E-state index contributed by atoms with van der Waals surface area (Å²) < 4.78 is 1.11. The first kappa shape index (κ1) is 16.5. The molecule has 0 bridgehead atoms. The van der Waals surface area contributed by atoms with Gasteiger partial charge in [-0.2, -0.15) is 0 Å². The smallest absolute Gasteiger partial charge is 0.0441 e. The zero-order valence-electron chi connectivity index (χ0n) is 12.5. The lowest BCUT2D eigenvalue weighted by Crippen LogP contribution is -2.24. The van der Waals surface area contributed by atoms with Gasteiger partial charge < -0.3 is 5.32 Å². The summed E-state index contributed by atoms with van der Waals surface area (Å²) in [5.41, 5.74) is 3.68. The highest BCUT2D eigenvalue weighted by molar-refractivity contribution is 9.10. The lowest BCUT2D eigenvalue weighted by Gasteiger charge is -2.20. The molecule has 0 spiro atoms. The van der Waals surface area contributed by atoms with E-state index in [2.05, 4.69) is 71.5 Å². The van der Waals surface area contributed by atoms with E-state index in [-0.39, 0.29) is 6.04 Å².